The molecule has 1 atom stereocenters. The first-order valence-electron chi connectivity index (χ1n) is 6.60. The van der Waals surface area contributed by atoms with Crippen molar-refractivity contribution in [3.8, 4) is 0 Å². The van der Waals surface area contributed by atoms with Crippen LogP contribution in [0.1, 0.15) is 31.4 Å². The number of rotatable bonds is 4. The molecule has 0 radical (unpaired) electrons. The summed E-state index contributed by atoms with van der Waals surface area (Å²) >= 11 is 3.39. The van der Waals surface area contributed by atoms with Gasteiger partial charge in [-0.25, -0.2) is 0 Å². The number of piperidine rings is 1. The Bertz CT molecular complexity index is 422. The Kier molecular flexibility index (Phi) is 5.34. The lowest BCUT2D eigenvalue weighted by molar-refractivity contribution is -0.142. The SMILES string of the molecule is COC(=O)CC1CCCCN1Cc1ccc(Br)cn1. The second-order valence-corrected chi connectivity index (χ2v) is 5.78. The first kappa shape index (κ1) is 14.5. The minimum absolute atomic E-state index is 0.124. The molecule has 104 valence electrons. The first-order valence-corrected chi connectivity index (χ1v) is 7.39. The third-order valence-electron chi connectivity index (χ3n) is 3.53. The molecule has 0 saturated carbocycles. The molecule has 1 unspecified atom stereocenters. The van der Waals surface area contributed by atoms with Crippen molar-refractivity contribution in [3.63, 3.8) is 0 Å². The van der Waals surface area contributed by atoms with Crippen molar-refractivity contribution in [2.24, 2.45) is 0 Å². The molecule has 0 amide bonds. The van der Waals surface area contributed by atoms with E-state index in [1.165, 1.54) is 20.0 Å². The normalized spacial score (nSPS) is 20.2. The van der Waals surface area contributed by atoms with Crippen molar-refractivity contribution < 1.29 is 9.53 Å². The summed E-state index contributed by atoms with van der Waals surface area (Å²) in [5.41, 5.74) is 1.04. The summed E-state index contributed by atoms with van der Waals surface area (Å²) in [4.78, 5) is 18.2. The van der Waals surface area contributed by atoms with Gasteiger partial charge in [-0.15, -0.1) is 0 Å². The highest BCUT2D eigenvalue weighted by Gasteiger charge is 2.25. The van der Waals surface area contributed by atoms with Crippen LogP contribution in [0.15, 0.2) is 22.8 Å². The fourth-order valence-electron chi connectivity index (χ4n) is 2.48. The number of carbonyl (C=O) groups excluding carboxylic acids is 1. The summed E-state index contributed by atoms with van der Waals surface area (Å²) < 4.78 is 5.77. The maximum Gasteiger partial charge on any atom is 0.307 e. The lowest BCUT2D eigenvalue weighted by Crippen LogP contribution is -2.40. The van der Waals surface area contributed by atoms with E-state index in [0.29, 0.717) is 6.42 Å². The van der Waals surface area contributed by atoms with E-state index in [2.05, 4.69) is 25.8 Å². The molecular formula is C14H19BrN2O2. The van der Waals surface area contributed by atoms with Crippen LogP contribution in [0.25, 0.3) is 0 Å². The molecule has 0 N–H and O–H groups in total. The van der Waals surface area contributed by atoms with Crippen LogP contribution in [0.2, 0.25) is 0 Å². The minimum Gasteiger partial charge on any atom is -0.469 e. The Balaban J connectivity index is 1.99. The number of halogens is 1. The van der Waals surface area contributed by atoms with E-state index in [4.69, 9.17) is 4.74 Å². The number of carbonyl (C=O) groups is 1. The lowest BCUT2D eigenvalue weighted by atomic mass is 9.99. The van der Waals surface area contributed by atoms with Gasteiger partial charge in [0.05, 0.1) is 19.2 Å². The molecule has 19 heavy (non-hydrogen) atoms. The Hall–Kier alpha value is -0.940. The molecule has 1 aliphatic heterocycles. The molecule has 2 heterocycles. The molecule has 2 rings (SSSR count). The molecule has 1 fully saturated rings. The molecule has 1 aromatic rings. The number of aromatic nitrogens is 1. The second-order valence-electron chi connectivity index (χ2n) is 4.87. The number of esters is 1. The highest BCUT2D eigenvalue weighted by atomic mass is 79.9. The van der Waals surface area contributed by atoms with Gasteiger partial charge < -0.3 is 4.74 Å². The molecule has 0 bridgehead atoms. The standard InChI is InChI=1S/C14H19BrN2O2/c1-19-14(18)8-13-4-2-3-7-17(13)10-12-6-5-11(15)9-16-12/h5-6,9,13H,2-4,7-8,10H2,1H3. The van der Waals surface area contributed by atoms with Gasteiger partial charge in [0.25, 0.3) is 0 Å². The van der Waals surface area contributed by atoms with E-state index < -0.39 is 0 Å². The summed E-state index contributed by atoms with van der Waals surface area (Å²) in [6.45, 7) is 1.83. The number of hydrogen-bond donors (Lipinski definition) is 0. The Labute approximate surface area is 122 Å². The van der Waals surface area contributed by atoms with E-state index in [-0.39, 0.29) is 12.0 Å². The van der Waals surface area contributed by atoms with Crippen molar-refractivity contribution >= 4 is 21.9 Å². The Morgan fingerprint density at radius 3 is 3.05 bits per heavy atom. The van der Waals surface area contributed by atoms with Gasteiger partial charge in [-0.3, -0.25) is 14.7 Å². The smallest absolute Gasteiger partial charge is 0.307 e. The summed E-state index contributed by atoms with van der Waals surface area (Å²) in [5, 5.41) is 0. The molecular weight excluding hydrogens is 308 g/mol. The van der Waals surface area contributed by atoms with Crippen LogP contribution >= 0.6 is 15.9 Å². The predicted octanol–water partition coefficient (Wildman–Crippen LogP) is 2.76. The highest BCUT2D eigenvalue weighted by Crippen LogP contribution is 2.22. The zero-order valence-electron chi connectivity index (χ0n) is 11.1. The van der Waals surface area contributed by atoms with Crippen LogP contribution in [0.4, 0.5) is 0 Å². The minimum atomic E-state index is -0.124. The summed E-state index contributed by atoms with van der Waals surface area (Å²) in [7, 11) is 1.45. The van der Waals surface area contributed by atoms with Gasteiger partial charge >= 0.3 is 5.97 Å². The Morgan fingerprint density at radius 1 is 1.53 bits per heavy atom. The average molecular weight is 327 g/mol. The average Bonchev–Trinajstić information content (AvgIpc) is 2.43. The summed E-state index contributed by atoms with van der Waals surface area (Å²) in [6, 6.07) is 4.31. The van der Waals surface area contributed by atoms with Crippen molar-refractivity contribution in [1.29, 1.82) is 0 Å². The largest absolute Gasteiger partial charge is 0.469 e. The van der Waals surface area contributed by atoms with E-state index in [1.54, 1.807) is 0 Å². The van der Waals surface area contributed by atoms with Crippen LogP contribution in [0.3, 0.4) is 0 Å². The number of likely N-dealkylation sites (tertiary alicyclic amines) is 1. The van der Waals surface area contributed by atoms with Crippen LogP contribution in [-0.4, -0.2) is 35.5 Å². The van der Waals surface area contributed by atoms with Crippen molar-refractivity contribution in [1.82, 2.24) is 9.88 Å². The number of ether oxygens (including phenoxy) is 1. The molecule has 1 aliphatic rings. The van der Waals surface area contributed by atoms with Gasteiger partial charge in [-0.05, 0) is 47.4 Å². The van der Waals surface area contributed by atoms with Crippen LogP contribution in [0.5, 0.6) is 0 Å². The van der Waals surface area contributed by atoms with E-state index in [0.717, 1.165) is 29.7 Å². The monoisotopic (exact) mass is 326 g/mol. The maximum atomic E-state index is 11.5. The van der Waals surface area contributed by atoms with Gasteiger partial charge in [-0.1, -0.05) is 6.42 Å². The van der Waals surface area contributed by atoms with Crippen LogP contribution in [0, 0.1) is 0 Å². The quantitative estimate of drug-likeness (QED) is 0.798. The van der Waals surface area contributed by atoms with Crippen LogP contribution < -0.4 is 0 Å². The topological polar surface area (TPSA) is 42.4 Å². The number of pyridine rings is 1. The van der Waals surface area contributed by atoms with Gasteiger partial charge in [0, 0.05) is 23.3 Å². The third kappa shape index (κ3) is 4.28. The molecule has 0 spiro atoms. The van der Waals surface area contributed by atoms with Gasteiger partial charge in [0.2, 0.25) is 0 Å². The maximum absolute atomic E-state index is 11.5. The highest BCUT2D eigenvalue weighted by molar-refractivity contribution is 9.10. The molecule has 0 aromatic carbocycles. The second kappa shape index (κ2) is 7.01. The van der Waals surface area contributed by atoms with Crippen molar-refractivity contribution in [2.45, 2.75) is 38.3 Å². The van der Waals surface area contributed by atoms with Gasteiger partial charge in [0.1, 0.15) is 0 Å². The molecule has 5 heteroatoms. The number of hydrogen-bond acceptors (Lipinski definition) is 4. The first-order chi connectivity index (χ1) is 9.19. The van der Waals surface area contributed by atoms with E-state index >= 15 is 0 Å². The predicted molar refractivity (Wildman–Crippen MR) is 76.6 cm³/mol. The Morgan fingerprint density at radius 2 is 2.37 bits per heavy atom. The fraction of sp³-hybridized carbons (Fsp3) is 0.571. The van der Waals surface area contributed by atoms with Gasteiger partial charge in [0.15, 0.2) is 0 Å². The van der Waals surface area contributed by atoms with E-state index in [9.17, 15) is 4.79 Å². The molecule has 4 nitrogen and oxygen atoms in total. The van der Waals surface area contributed by atoms with Crippen LogP contribution in [-0.2, 0) is 16.1 Å². The molecule has 1 aromatic heterocycles. The zero-order chi connectivity index (χ0) is 13.7. The fourth-order valence-corrected chi connectivity index (χ4v) is 2.72. The summed E-state index contributed by atoms with van der Waals surface area (Å²) in [6.07, 6.45) is 5.73. The third-order valence-corrected chi connectivity index (χ3v) is 4.00. The molecule has 1 saturated heterocycles. The lowest BCUT2D eigenvalue weighted by Gasteiger charge is -2.34. The number of nitrogens with zero attached hydrogens (tertiary/aromatic N) is 2. The zero-order valence-corrected chi connectivity index (χ0v) is 12.7. The van der Waals surface area contributed by atoms with Crippen molar-refractivity contribution in [3.05, 3.63) is 28.5 Å². The van der Waals surface area contributed by atoms with Gasteiger partial charge in [-0.2, -0.15) is 0 Å². The van der Waals surface area contributed by atoms with E-state index in [1.807, 2.05) is 18.3 Å². The van der Waals surface area contributed by atoms with Crippen molar-refractivity contribution in [2.75, 3.05) is 13.7 Å². The number of methoxy groups -OCH3 is 1. The summed E-state index contributed by atoms with van der Waals surface area (Å²) in [5.74, 6) is -0.124. The molecule has 0 aliphatic carbocycles.